The summed E-state index contributed by atoms with van der Waals surface area (Å²) in [5, 5.41) is 3.50. The number of benzene rings is 2. The first-order chi connectivity index (χ1) is 14.2. The average Bonchev–Trinajstić information content (AvgIpc) is 3.18. The van der Waals surface area contributed by atoms with Crippen LogP contribution in [-0.4, -0.2) is 17.5 Å². The third kappa shape index (κ3) is 7.02. The lowest BCUT2D eigenvalue weighted by atomic mass is 10.1. The summed E-state index contributed by atoms with van der Waals surface area (Å²) in [5.41, 5.74) is 1.83. The normalized spacial score (nSPS) is 10.7. The van der Waals surface area contributed by atoms with E-state index >= 15 is 0 Å². The highest BCUT2D eigenvalue weighted by Crippen LogP contribution is 2.22. The molecule has 0 saturated heterocycles. The van der Waals surface area contributed by atoms with E-state index in [9.17, 15) is 4.79 Å². The Morgan fingerprint density at radius 1 is 1.00 bits per heavy atom. The van der Waals surface area contributed by atoms with E-state index in [0.29, 0.717) is 10.7 Å². The summed E-state index contributed by atoms with van der Waals surface area (Å²) in [5.74, 6) is 0.646. The molecule has 152 valence electrons. The van der Waals surface area contributed by atoms with Gasteiger partial charge in [0.15, 0.2) is 5.13 Å². The molecule has 1 N–H and O–H groups in total. The number of hydrogen-bond acceptors (Lipinski definition) is 4. The van der Waals surface area contributed by atoms with Crippen molar-refractivity contribution in [3.05, 3.63) is 76.8 Å². The van der Waals surface area contributed by atoms with Gasteiger partial charge in [0.05, 0.1) is 6.61 Å². The first-order valence-electron chi connectivity index (χ1n) is 10.3. The fourth-order valence-corrected chi connectivity index (χ4v) is 3.85. The molecule has 0 spiro atoms. The van der Waals surface area contributed by atoms with Crippen molar-refractivity contribution in [2.75, 3.05) is 11.9 Å². The van der Waals surface area contributed by atoms with Crippen molar-refractivity contribution in [1.82, 2.24) is 4.98 Å². The van der Waals surface area contributed by atoms with Crippen molar-refractivity contribution in [3.63, 3.8) is 0 Å². The number of carbonyl (C=O) groups excluding carboxylic acids is 1. The molecule has 0 atom stereocenters. The molecule has 1 aromatic heterocycles. The first kappa shape index (κ1) is 21.1. The number of rotatable bonds is 11. The van der Waals surface area contributed by atoms with Crippen LogP contribution in [0.2, 0.25) is 0 Å². The number of unbranched alkanes of at least 4 members (excludes halogenated alkanes) is 4. The molecular weight excluding hydrogens is 380 g/mol. The molecule has 0 unspecified atom stereocenters. The molecule has 29 heavy (non-hydrogen) atoms. The van der Waals surface area contributed by atoms with Crippen LogP contribution in [-0.2, 0) is 6.42 Å². The minimum Gasteiger partial charge on any atom is -0.494 e. The van der Waals surface area contributed by atoms with Gasteiger partial charge in [-0.2, -0.15) is 0 Å². The summed E-state index contributed by atoms with van der Waals surface area (Å²) in [6.45, 7) is 2.94. The smallest absolute Gasteiger partial charge is 0.257 e. The predicted octanol–water partition coefficient (Wildman–Crippen LogP) is 6.34. The molecule has 0 aliphatic rings. The van der Waals surface area contributed by atoms with Gasteiger partial charge in [-0.3, -0.25) is 10.1 Å². The van der Waals surface area contributed by atoms with E-state index in [4.69, 9.17) is 4.74 Å². The van der Waals surface area contributed by atoms with Crippen molar-refractivity contribution in [1.29, 1.82) is 0 Å². The van der Waals surface area contributed by atoms with Crippen LogP contribution in [0.1, 0.15) is 59.8 Å². The Bertz CT molecular complexity index is 875. The van der Waals surface area contributed by atoms with Gasteiger partial charge < -0.3 is 4.74 Å². The zero-order valence-corrected chi connectivity index (χ0v) is 17.7. The largest absolute Gasteiger partial charge is 0.494 e. The molecule has 0 saturated carbocycles. The zero-order valence-electron chi connectivity index (χ0n) is 16.9. The van der Waals surface area contributed by atoms with Crippen LogP contribution >= 0.6 is 11.3 Å². The van der Waals surface area contributed by atoms with Gasteiger partial charge in [-0.25, -0.2) is 4.98 Å². The van der Waals surface area contributed by atoms with Crippen LogP contribution in [0.5, 0.6) is 5.75 Å². The number of hydrogen-bond donors (Lipinski definition) is 1. The Kier molecular flexibility index (Phi) is 8.25. The van der Waals surface area contributed by atoms with Gasteiger partial charge in [0.25, 0.3) is 5.91 Å². The highest BCUT2D eigenvalue weighted by molar-refractivity contribution is 7.15. The minimum absolute atomic E-state index is 0.156. The first-order valence-corrected chi connectivity index (χ1v) is 11.1. The number of aromatic nitrogens is 1. The van der Waals surface area contributed by atoms with E-state index < -0.39 is 0 Å². The Balaban J connectivity index is 1.46. The van der Waals surface area contributed by atoms with Gasteiger partial charge in [0.1, 0.15) is 5.75 Å². The third-order valence-corrected chi connectivity index (χ3v) is 5.54. The predicted molar refractivity (Wildman–Crippen MR) is 120 cm³/mol. The second kappa shape index (κ2) is 11.4. The number of anilines is 1. The molecular formula is C24H28N2O2S. The number of thiazole rings is 1. The van der Waals surface area contributed by atoms with Crippen LogP contribution in [0.25, 0.3) is 0 Å². The molecule has 3 aromatic rings. The van der Waals surface area contributed by atoms with Crippen LogP contribution in [0.3, 0.4) is 0 Å². The van der Waals surface area contributed by atoms with Gasteiger partial charge in [-0.05, 0) is 36.2 Å². The molecule has 1 amide bonds. The molecule has 1 heterocycles. The van der Waals surface area contributed by atoms with Crippen LogP contribution in [0.15, 0.2) is 60.8 Å². The van der Waals surface area contributed by atoms with Crippen molar-refractivity contribution >= 4 is 22.4 Å². The van der Waals surface area contributed by atoms with E-state index in [2.05, 4.69) is 29.4 Å². The number of nitrogens with zero attached hydrogens (tertiary/aromatic N) is 1. The van der Waals surface area contributed by atoms with Crippen molar-refractivity contribution in [2.24, 2.45) is 0 Å². The lowest BCUT2D eigenvalue weighted by molar-refractivity contribution is 0.102. The monoisotopic (exact) mass is 408 g/mol. The van der Waals surface area contributed by atoms with E-state index in [1.165, 1.54) is 42.6 Å². The van der Waals surface area contributed by atoms with Gasteiger partial charge in [0, 0.05) is 23.1 Å². The lowest BCUT2D eigenvalue weighted by Crippen LogP contribution is -2.11. The van der Waals surface area contributed by atoms with Crippen molar-refractivity contribution in [2.45, 2.75) is 45.4 Å². The van der Waals surface area contributed by atoms with Crippen molar-refractivity contribution in [3.8, 4) is 5.75 Å². The molecule has 4 nitrogen and oxygen atoms in total. The van der Waals surface area contributed by atoms with Crippen LogP contribution in [0.4, 0.5) is 5.13 Å². The number of amides is 1. The van der Waals surface area contributed by atoms with Crippen molar-refractivity contribution < 1.29 is 9.53 Å². The third-order valence-electron chi connectivity index (χ3n) is 4.63. The van der Waals surface area contributed by atoms with Gasteiger partial charge in [0.2, 0.25) is 0 Å². The maximum atomic E-state index is 12.5. The maximum absolute atomic E-state index is 12.5. The molecule has 5 heteroatoms. The van der Waals surface area contributed by atoms with Crippen LogP contribution < -0.4 is 10.1 Å². The quantitative estimate of drug-likeness (QED) is 0.377. The van der Waals surface area contributed by atoms with Gasteiger partial charge in [-0.15, -0.1) is 11.3 Å². The fourth-order valence-electron chi connectivity index (χ4n) is 3.01. The minimum atomic E-state index is -0.156. The summed E-state index contributed by atoms with van der Waals surface area (Å²) in [4.78, 5) is 17.9. The number of nitrogens with one attached hydrogen (secondary N) is 1. The fraction of sp³-hybridized carbons (Fsp3) is 0.333. The average molecular weight is 409 g/mol. The van der Waals surface area contributed by atoms with E-state index in [0.717, 1.165) is 30.1 Å². The zero-order chi connectivity index (χ0) is 20.3. The van der Waals surface area contributed by atoms with Gasteiger partial charge in [-0.1, -0.05) is 62.9 Å². The summed E-state index contributed by atoms with van der Waals surface area (Å²) >= 11 is 1.51. The Hall–Kier alpha value is -2.66. The highest BCUT2D eigenvalue weighted by Gasteiger charge is 2.10. The number of carbonyl (C=O) groups is 1. The van der Waals surface area contributed by atoms with E-state index in [1.54, 1.807) is 12.1 Å². The molecule has 0 fully saturated rings. The van der Waals surface area contributed by atoms with E-state index in [-0.39, 0.29) is 5.91 Å². The number of ether oxygens (including phenoxy) is 1. The molecule has 0 aliphatic heterocycles. The molecule has 0 bridgehead atoms. The Morgan fingerprint density at radius 3 is 2.52 bits per heavy atom. The Labute approximate surface area is 177 Å². The molecule has 0 aliphatic carbocycles. The standard InChI is InChI=1S/C24H28N2O2S/c1-2-3-4-5-9-16-28-21-14-12-20(13-15-21)23(27)26-24-25-18-22(29-24)17-19-10-7-6-8-11-19/h6-8,10-15,18H,2-5,9,16-17H2,1H3,(H,25,26,27). The van der Waals surface area contributed by atoms with Crippen LogP contribution in [0, 0.1) is 0 Å². The summed E-state index contributed by atoms with van der Waals surface area (Å²) in [6.07, 6.45) is 8.72. The van der Waals surface area contributed by atoms with Gasteiger partial charge >= 0.3 is 0 Å². The summed E-state index contributed by atoms with van der Waals surface area (Å²) in [6, 6.07) is 17.5. The lowest BCUT2D eigenvalue weighted by Gasteiger charge is -2.07. The molecule has 2 aromatic carbocycles. The highest BCUT2D eigenvalue weighted by atomic mass is 32.1. The van der Waals surface area contributed by atoms with E-state index in [1.807, 2.05) is 36.5 Å². The molecule has 3 rings (SSSR count). The molecule has 0 radical (unpaired) electrons. The second-order valence-electron chi connectivity index (χ2n) is 7.04. The Morgan fingerprint density at radius 2 is 1.76 bits per heavy atom. The second-order valence-corrected chi connectivity index (χ2v) is 8.15. The SMILES string of the molecule is CCCCCCCOc1ccc(C(=O)Nc2ncc(Cc3ccccc3)s2)cc1. The summed E-state index contributed by atoms with van der Waals surface area (Å²) < 4.78 is 5.76. The summed E-state index contributed by atoms with van der Waals surface area (Å²) in [7, 11) is 0. The maximum Gasteiger partial charge on any atom is 0.257 e. The topological polar surface area (TPSA) is 51.2 Å².